The molecular weight excluding hydrogens is 267 g/mol. The molecule has 106 valence electrons. The monoisotopic (exact) mass is 282 g/mol. The number of nitrogens with zero attached hydrogens (tertiary/aromatic N) is 2. The maximum atomic E-state index is 13.7. The Bertz CT molecular complexity index is 739. The minimum Gasteiger partial charge on any atom is -0.294 e. The van der Waals surface area contributed by atoms with Gasteiger partial charge in [-0.2, -0.15) is 5.26 Å². The number of aromatic nitrogens is 1. The summed E-state index contributed by atoms with van der Waals surface area (Å²) in [5.74, 6) is -0.593. The summed E-state index contributed by atoms with van der Waals surface area (Å²) in [6, 6.07) is 9.35. The van der Waals surface area contributed by atoms with Gasteiger partial charge < -0.3 is 0 Å². The number of hydrogen-bond acceptors (Lipinski definition) is 3. The summed E-state index contributed by atoms with van der Waals surface area (Å²) in [7, 11) is 0. The second kappa shape index (κ2) is 5.45. The van der Waals surface area contributed by atoms with E-state index in [0.29, 0.717) is 16.8 Å². The molecule has 0 aliphatic carbocycles. The molecule has 0 saturated carbocycles. The van der Waals surface area contributed by atoms with Gasteiger partial charge in [-0.1, -0.05) is 26.8 Å². The third-order valence-electron chi connectivity index (χ3n) is 3.09. The number of hydrogen-bond donors (Lipinski definition) is 0. The molecule has 0 unspecified atom stereocenters. The van der Waals surface area contributed by atoms with Crippen molar-refractivity contribution < 1.29 is 9.18 Å². The van der Waals surface area contributed by atoms with Crippen LogP contribution in [0.15, 0.2) is 36.5 Å². The average molecular weight is 282 g/mol. The Morgan fingerprint density at radius 1 is 1.24 bits per heavy atom. The fourth-order valence-electron chi connectivity index (χ4n) is 1.93. The maximum Gasteiger partial charge on any atom is 0.168 e. The number of pyridine rings is 1. The molecule has 0 amide bonds. The van der Waals surface area contributed by atoms with E-state index in [4.69, 9.17) is 5.26 Å². The van der Waals surface area contributed by atoms with Gasteiger partial charge in [-0.3, -0.25) is 9.78 Å². The van der Waals surface area contributed by atoms with Gasteiger partial charge in [-0.25, -0.2) is 4.39 Å². The fraction of sp³-hybridized carbons (Fsp3) is 0.235. The van der Waals surface area contributed by atoms with E-state index in [2.05, 4.69) is 4.98 Å². The number of carbonyl (C=O) groups excluding carboxylic acids is 1. The molecule has 0 spiro atoms. The van der Waals surface area contributed by atoms with Crippen LogP contribution in [0.4, 0.5) is 4.39 Å². The smallest absolute Gasteiger partial charge is 0.168 e. The van der Waals surface area contributed by atoms with Crippen LogP contribution in [0, 0.1) is 22.6 Å². The topological polar surface area (TPSA) is 53.8 Å². The van der Waals surface area contributed by atoms with Crippen LogP contribution >= 0.6 is 0 Å². The number of nitriles is 1. The first-order valence-electron chi connectivity index (χ1n) is 6.54. The van der Waals surface area contributed by atoms with Crippen LogP contribution in [-0.4, -0.2) is 10.8 Å². The highest BCUT2D eigenvalue weighted by molar-refractivity contribution is 6.00. The zero-order valence-corrected chi connectivity index (χ0v) is 12.1. The van der Waals surface area contributed by atoms with Crippen molar-refractivity contribution in [2.45, 2.75) is 20.8 Å². The zero-order valence-electron chi connectivity index (χ0n) is 12.1. The summed E-state index contributed by atoms with van der Waals surface area (Å²) in [6.07, 6.45) is 1.53. The maximum absolute atomic E-state index is 13.7. The van der Waals surface area contributed by atoms with Crippen molar-refractivity contribution in [2.75, 3.05) is 0 Å². The van der Waals surface area contributed by atoms with Crippen LogP contribution in [0.3, 0.4) is 0 Å². The highest BCUT2D eigenvalue weighted by atomic mass is 19.1. The van der Waals surface area contributed by atoms with Crippen molar-refractivity contribution in [1.29, 1.82) is 5.26 Å². The predicted octanol–water partition coefficient (Wildman–Crippen LogP) is 3.99. The van der Waals surface area contributed by atoms with E-state index in [9.17, 15) is 9.18 Å². The lowest BCUT2D eigenvalue weighted by atomic mass is 9.86. The first kappa shape index (κ1) is 14.9. The third kappa shape index (κ3) is 3.14. The van der Waals surface area contributed by atoms with Gasteiger partial charge in [0.05, 0.1) is 11.3 Å². The Morgan fingerprint density at radius 2 is 1.95 bits per heavy atom. The second-order valence-corrected chi connectivity index (χ2v) is 5.82. The summed E-state index contributed by atoms with van der Waals surface area (Å²) in [5.41, 5.74) is 1.08. The Kier molecular flexibility index (Phi) is 3.86. The standard InChI is InChI=1S/C17H15FN2O/c1-17(2,3)16(21)12-6-7-20-15(9-12)11-4-5-13(10-19)14(18)8-11/h4-9H,1-3H3. The quantitative estimate of drug-likeness (QED) is 0.783. The molecule has 2 rings (SSSR count). The van der Waals surface area contributed by atoms with Crippen molar-refractivity contribution in [2.24, 2.45) is 5.41 Å². The number of Topliss-reactive ketones (excluding diaryl/α,β-unsaturated/α-hetero) is 1. The van der Waals surface area contributed by atoms with Crippen molar-refractivity contribution >= 4 is 5.78 Å². The minimum atomic E-state index is -0.593. The number of halogens is 1. The van der Waals surface area contributed by atoms with E-state index in [1.54, 1.807) is 24.3 Å². The Morgan fingerprint density at radius 3 is 2.52 bits per heavy atom. The Hall–Kier alpha value is -2.54. The molecule has 4 heteroatoms. The molecule has 0 N–H and O–H groups in total. The van der Waals surface area contributed by atoms with Gasteiger partial charge in [0.1, 0.15) is 11.9 Å². The lowest BCUT2D eigenvalue weighted by Gasteiger charge is -2.16. The van der Waals surface area contributed by atoms with Crippen LogP contribution in [0.5, 0.6) is 0 Å². The molecule has 0 atom stereocenters. The largest absolute Gasteiger partial charge is 0.294 e. The molecule has 0 bridgehead atoms. The number of benzene rings is 1. The zero-order chi connectivity index (χ0) is 15.6. The molecule has 2 aromatic rings. The van der Waals surface area contributed by atoms with E-state index in [1.807, 2.05) is 20.8 Å². The van der Waals surface area contributed by atoms with Gasteiger partial charge in [-0.05, 0) is 24.3 Å². The molecule has 1 heterocycles. The van der Waals surface area contributed by atoms with Gasteiger partial charge in [0, 0.05) is 22.7 Å². The minimum absolute atomic E-state index is 0.000247. The van der Waals surface area contributed by atoms with Crippen molar-refractivity contribution in [3.63, 3.8) is 0 Å². The van der Waals surface area contributed by atoms with E-state index in [1.165, 1.54) is 18.3 Å². The number of rotatable bonds is 2. The molecule has 21 heavy (non-hydrogen) atoms. The summed E-state index contributed by atoms with van der Waals surface area (Å²) >= 11 is 0. The molecule has 1 aromatic heterocycles. The van der Waals surface area contributed by atoms with Gasteiger partial charge >= 0.3 is 0 Å². The molecule has 0 aliphatic rings. The van der Waals surface area contributed by atoms with Crippen molar-refractivity contribution in [3.8, 4) is 17.3 Å². The molecule has 0 fully saturated rings. The highest BCUT2D eigenvalue weighted by Gasteiger charge is 2.23. The lowest BCUT2D eigenvalue weighted by Crippen LogP contribution is -2.20. The van der Waals surface area contributed by atoms with Crippen LogP contribution in [0.2, 0.25) is 0 Å². The van der Waals surface area contributed by atoms with E-state index in [0.717, 1.165) is 0 Å². The van der Waals surface area contributed by atoms with Crippen LogP contribution in [0.1, 0.15) is 36.7 Å². The fourth-order valence-corrected chi connectivity index (χ4v) is 1.93. The van der Waals surface area contributed by atoms with Crippen LogP contribution in [-0.2, 0) is 0 Å². The Balaban J connectivity index is 2.45. The normalized spacial score (nSPS) is 11.0. The summed E-state index contributed by atoms with van der Waals surface area (Å²) in [6.45, 7) is 5.53. The first-order chi connectivity index (χ1) is 9.82. The molecule has 0 radical (unpaired) electrons. The highest BCUT2D eigenvalue weighted by Crippen LogP contribution is 2.25. The SMILES string of the molecule is CC(C)(C)C(=O)c1ccnc(-c2ccc(C#N)c(F)c2)c1. The summed E-state index contributed by atoms with van der Waals surface area (Å²) in [5, 5.41) is 8.74. The van der Waals surface area contributed by atoms with Crippen molar-refractivity contribution in [3.05, 3.63) is 53.5 Å². The van der Waals surface area contributed by atoms with Gasteiger partial charge in [0.2, 0.25) is 0 Å². The second-order valence-electron chi connectivity index (χ2n) is 5.82. The predicted molar refractivity (Wildman–Crippen MR) is 78.1 cm³/mol. The van der Waals surface area contributed by atoms with Crippen LogP contribution in [0.25, 0.3) is 11.3 Å². The third-order valence-corrected chi connectivity index (χ3v) is 3.09. The first-order valence-corrected chi connectivity index (χ1v) is 6.54. The molecular formula is C17H15FN2O. The van der Waals surface area contributed by atoms with Gasteiger partial charge in [0.15, 0.2) is 5.78 Å². The molecule has 0 aliphatic heterocycles. The van der Waals surface area contributed by atoms with Crippen molar-refractivity contribution in [1.82, 2.24) is 4.98 Å². The van der Waals surface area contributed by atoms with Gasteiger partial charge in [-0.15, -0.1) is 0 Å². The van der Waals surface area contributed by atoms with Crippen LogP contribution < -0.4 is 0 Å². The molecule has 1 aromatic carbocycles. The van der Waals surface area contributed by atoms with Gasteiger partial charge in [0.25, 0.3) is 0 Å². The molecule has 0 saturated heterocycles. The van der Waals surface area contributed by atoms with E-state index in [-0.39, 0.29) is 11.3 Å². The average Bonchev–Trinajstić information content (AvgIpc) is 2.45. The Labute approximate surface area is 123 Å². The van der Waals surface area contributed by atoms with E-state index >= 15 is 0 Å². The summed E-state index contributed by atoms with van der Waals surface area (Å²) in [4.78, 5) is 16.4. The number of carbonyl (C=O) groups is 1. The number of ketones is 1. The molecule has 3 nitrogen and oxygen atoms in total. The summed E-state index contributed by atoms with van der Waals surface area (Å²) < 4.78 is 13.7. The lowest BCUT2D eigenvalue weighted by molar-refractivity contribution is 0.0858. The van der Waals surface area contributed by atoms with E-state index < -0.39 is 11.2 Å².